The Bertz CT molecular complexity index is 1320. The van der Waals surface area contributed by atoms with Gasteiger partial charge in [0.1, 0.15) is 5.82 Å². The highest BCUT2D eigenvalue weighted by molar-refractivity contribution is 5.90. The number of carbonyl (C=O) groups excluding carboxylic acids is 2. The smallest absolute Gasteiger partial charge is 0.331 e. The van der Waals surface area contributed by atoms with Gasteiger partial charge in [0.15, 0.2) is 6.61 Å². The second kappa shape index (κ2) is 12.3. The van der Waals surface area contributed by atoms with E-state index in [0.29, 0.717) is 19.5 Å². The summed E-state index contributed by atoms with van der Waals surface area (Å²) in [7, 11) is 0. The van der Waals surface area contributed by atoms with E-state index in [0.717, 1.165) is 27.9 Å². The minimum atomic E-state index is -0.626. The number of hydrogen-bond acceptors (Lipinski definition) is 4. The van der Waals surface area contributed by atoms with E-state index in [1.807, 2.05) is 71.5 Å². The SMILES string of the molecule is O=C(COC(=O)/C=C/c1cn(Cc2ccccc2)nc1-c1ccccc1)NCCc1ccc(F)cc1. The summed E-state index contributed by atoms with van der Waals surface area (Å²) in [6.07, 6.45) is 5.37. The number of carbonyl (C=O) groups is 2. The molecule has 1 N–H and O–H groups in total. The minimum absolute atomic E-state index is 0.304. The number of benzene rings is 3. The van der Waals surface area contributed by atoms with Crippen molar-refractivity contribution in [2.24, 2.45) is 0 Å². The Morgan fingerprint density at radius 3 is 2.33 bits per heavy atom. The third kappa shape index (κ3) is 7.24. The van der Waals surface area contributed by atoms with E-state index < -0.39 is 11.9 Å². The summed E-state index contributed by atoms with van der Waals surface area (Å²) in [6, 6.07) is 25.8. The van der Waals surface area contributed by atoms with Crippen molar-refractivity contribution in [3.8, 4) is 11.3 Å². The summed E-state index contributed by atoms with van der Waals surface area (Å²) in [5, 5.41) is 7.40. The van der Waals surface area contributed by atoms with Gasteiger partial charge in [0, 0.05) is 29.9 Å². The van der Waals surface area contributed by atoms with Crippen molar-refractivity contribution in [1.82, 2.24) is 15.1 Å². The van der Waals surface area contributed by atoms with Gasteiger partial charge in [0.05, 0.1) is 12.2 Å². The molecule has 0 saturated heterocycles. The van der Waals surface area contributed by atoms with Crippen LogP contribution in [0.2, 0.25) is 0 Å². The molecule has 0 saturated carbocycles. The molecule has 0 fully saturated rings. The second-order valence-corrected chi connectivity index (χ2v) is 8.15. The summed E-state index contributed by atoms with van der Waals surface area (Å²) >= 11 is 0. The summed E-state index contributed by atoms with van der Waals surface area (Å²) in [5.74, 6) is -1.33. The van der Waals surface area contributed by atoms with Crippen LogP contribution in [0, 0.1) is 5.82 Å². The largest absolute Gasteiger partial charge is 0.452 e. The van der Waals surface area contributed by atoms with Gasteiger partial charge in [-0.3, -0.25) is 9.48 Å². The zero-order valence-corrected chi connectivity index (χ0v) is 19.6. The Balaban J connectivity index is 1.33. The fourth-order valence-corrected chi connectivity index (χ4v) is 3.62. The lowest BCUT2D eigenvalue weighted by atomic mass is 10.1. The Hall–Kier alpha value is -4.52. The van der Waals surface area contributed by atoms with Crippen molar-refractivity contribution in [3.05, 3.63) is 120 Å². The van der Waals surface area contributed by atoms with Crippen LogP contribution in [0.5, 0.6) is 0 Å². The Kier molecular flexibility index (Phi) is 8.38. The van der Waals surface area contributed by atoms with Crippen molar-refractivity contribution in [2.45, 2.75) is 13.0 Å². The zero-order valence-electron chi connectivity index (χ0n) is 19.6. The average molecular weight is 484 g/mol. The van der Waals surface area contributed by atoms with Crippen LogP contribution in [0.3, 0.4) is 0 Å². The average Bonchev–Trinajstić information content (AvgIpc) is 3.31. The molecular formula is C29H26FN3O3. The lowest BCUT2D eigenvalue weighted by molar-refractivity contribution is -0.143. The number of nitrogens with zero attached hydrogens (tertiary/aromatic N) is 2. The van der Waals surface area contributed by atoms with Gasteiger partial charge in [-0.1, -0.05) is 72.8 Å². The van der Waals surface area contributed by atoms with Crippen LogP contribution < -0.4 is 5.32 Å². The van der Waals surface area contributed by atoms with E-state index in [-0.39, 0.29) is 12.4 Å². The summed E-state index contributed by atoms with van der Waals surface area (Å²) in [4.78, 5) is 24.2. The second-order valence-electron chi connectivity index (χ2n) is 8.15. The minimum Gasteiger partial charge on any atom is -0.452 e. The fraction of sp³-hybridized carbons (Fsp3) is 0.138. The Labute approximate surface area is 209 Å². The molecule has 36 heavy (non-hydrogen) atoms. The van der Waals surface area contributed by atoms with Crippen LogP contribution in [0.4, 0.5) is 4.39 Å². The third-order valence-corrected chi connectivity index (χ3v) is 5.42. The molecule has 7 heteroatoms. The van der Waals surface area contributed by atoms with Gasteiger partial charge >= 0.3 is 5.97 Å². The standard InChI is InChI=1S/C29H26FN3O3/c30-26-14-11-22(12-15-26)17-18-31-27(34)21-36-28(35)16-13-25-20-33(19-23-7-3-1-4-8-23)32-29(25)24-9-5-2-6-10-24/h1-16,20H,17-19,21H2,(H,31,34)/b16-13+. The first kappa shape index (κ1) is 24.6. The van der Waals surface area contributed by atoms with Crippen LogP contribution in [0.15, 0.2) is 97.2 Å². The molecule has 0 aliphatic rings. The van der Waals surface area contributed by atoms with Crippen molar-refractivity contribution < 1.29 is 18.7 Å². The first-order chi connectivity index (χ1) is 17.6. The number of ether oxygens (including phenoxy) is 1. The van der Waals surface area contributed by atoms with Crippen molar-refractivity contribution in [2.75, 3.05) is 13.2 Å². The van der Waals surface area contributed by atoms with E-state index >= 15 is 0 Å². The molecule has 6 nitrogen and oxygen atoms in total. The zero-order chi connectivity index (χ0) is 25.2. The summed E-state index contributed by atoms with van der Waals surface area (Å²) < 4.78 is 19.9. The van der Waals surface area contributed by atoms with Crippen molar-refractivity contribution >= 4 is 18.0 Å². The number of amides is 1. The molecule has 4 aromatic rings. The quantitative estimate of drug-likeness (QED) is 0.263. The van der Waals surface area contributed by atoms with Crippen LogP contribution in [0.1, 0.15) is 16.7 Å². The van der Waals surface area contributed by atoms with E-state index in [1.165, 1.54) is 18.2 Å². The van der Waals surface area contributed by atoms with Crippen molar-refractivity contribution in [1.29, 1.82) is 0 Å². The number of aromatic nitrogens is 2. The van der Waals surface area contributed by atoms with Gasteiger partial charge in [-0.05, 0) is 35.8 Å². The number of esters is 1. The molecule has 0 radical (unpaired) electrons. The van der Waals surface area contributed by atoms with Crippen LogP contribution in [-0.2, 0) is 27.3 Å². The van der Waals surface area contributed by atoms with Gasteiger partial charge in [0.2, 0.25) is 0 Å². The third-order valence-electron chi connectivity index (χ3n) is 5.42. The maximum Gasteiger partial charge on any atom is 0.331 e. The van der Waals surface area contributed by atoms with E-state index in [4.69, 9.17) is 9.84 Å². The van der Waals surface area contributed by atoms with E-state index in [9.17, 15) is 14.0 Å². The molecule has 3 aromatic carbocycles. The first-order valence-electron chi connectivity index (χ1n) is 11.6. The molecule has 4 rings (SSSR count). The molecule has 182 valence electrons. The molecule has 0 atom stereocenters. The molecule has 1 aromatic heterocycles. The van der Waals surface area contributed by atoms with Gasteiger partial charge in [-0.25, -0.2) is 9.18 Å². The number of halogens is 1. The maximum atomic E-state index is 13.0. The summed E-state index contributed by atoms with van der Waals surface area (Å²) in [6.45, 7) is 0.571. The predicted molar refractivity (Wildman–Crippen MR) is 136 cm³/mol. The number of hydrogen-bond donors (Lipinski definition) is 1. The predicted octanol–water partition coefficient (Wildman–Crippen LogP) is 4.65. The van der Waals surface area contributed by atoms with Gasteiger partial charge < -0.3 is 10.1 Å². The Morgan fingerprint density at radius 1 is 0.917 bits per heavy atom. The van der Waals surface area contributed by atoms with E-state index in [2.05, 4.69) is 5.32 Å². The van der Waals surface area contributed by atoms with Crippen LogP contribution in [0.25, 0.3) is 17.3 Å². The van der Waals surface area contributed by atoms with Crippen molar-refractivity contribution in [3.63, 3.8) is 0 Å². The Morgan fingerprint density at radius 2 is 1.61 bits per heavy atom. The molecule has 1 heterocycles. The van der Waals surface area contributed by atoms with Gasteiger partial charge in [0.25, 0.3) is 5.91 Å². The lowest BCUT2D eigenvalue weighted by Crippen LogP contribution is -2.30. The highest BCUT2D eigenvalue weighted by Crippen LogP contribution is 2.23. The molecule has 1 amide bonds. The molecular weight excluding hydrogens is 457 g/mol. The molecule has 0 spiro atoms. The first-order valence-corrected chi connectivity index (χ1v) is 11.6. The monoisotopic (exact) mass is 483 g/mol. The van der Waals surface area contributed by atoms with Gasteiger partial charge in [-0.15, -0.1) is 0 Å². The fourth-order valence-electron chi connectivity index (χ4n) is 3.62. The van der Waals surface area contributed by atoms with E-state index in [1.54, 1.807) is 18.2 Å². The highest BCUT2D eigenvalue weighted by Gasteiger charge is 2.11. The highest BCUT2D eigenvalue weighted by atomic mass is 19.1. The molecule has 0 bridgehead atoms. The maximum absolute atomic E-state index is 13.0. The lowest BCUT2D eigenvalue weighted by Gasteiger charge is -2.05. The number of nitrogens with one attached hydrogen (secondary N) is 1. The molecule has 0 unspecified atom stereocenters. The topological polar surface area (TPSA) is 73.2 Å². The summed E-state index contributed by atoms with van der Waals surface area (Å²) in [5.41, 5.74) is 4.45. The number of rotatable bonds is 10. The van der Waals surface area contributed by atoms with Crippen LogP contribution in [-0.4, -0.2) is 34.8 Å². The normalized spacial score (nSPS) is 10.9. The van der Waals surface area contributed by atoms with Crippen LogP contribution >= 0.6 is 0 Å². The van der Waals surface area contributed by atoms with Gasteiger partial charge in [-0.2, -0.15) is 5.10 Å². The molecule has 0 aliphatic heterocycles. The molecule has 0 aliphatic carbocycles.